The first kappa shape index (κ1) is 10.6. The largest absolute Gasteiger partial charge is 0.458 e. The van der Waals surface area contributed by atoms with E-state index in [1.807, 2.05) is 26.8 Å². The molecule has 0 saturated heterocycles. The third-order valence-electron chi connectivity index (χ3n) is 2.67. The molecule has 0 unspecified atom stereocenters. The highest BCUT2D eigenvalue weighted by Crippen LogP contribution is 2.18. The zero-order valence-electron chi connectivity index (χ0n) is 9.57. The van der Waals surface area contributed by atoms with Gasteiger partial charge in [0.25, 0.3) is 0 Å². The van der Waals surface area contributed by atoms with Crippen LogP contribution in [0.3, 0.4) is 0 Å². The number of carbonyl (C=O) groups is 1. The van der Waals surface area contributed by atoms with Gasteiger partial charge in [-0.15, -0.1) is 0 Å². The summed E-state index contributed by atoms with van der Waals surface area (Å²) in [4.78, 5) is 16.1. The minimum Gasteiger partial charge on any atom is -0.458 e. The van der Waals surface area contributed by atoms with Crippen molar-refractivity contribution >= 4 is 5.78 Å². The number of furan rings is 1. The maximum atomic E-state index is 12.1. The van der Waals surface area contributed by atoms with Gasteiger partial charge in [-0.05, 0) is 44.0 Å². The summed E-state index contributed by atoms with van der Waals surface area (Å²) in [6.45, 7) is 5.66. The molecule has 0 aliphatic carbocycles. The SMILES string of the molecule is Cc1ccncc1C(=O)c1cc(C)c(C)o1. The van der Waals surface area contributed by atoms with Gasteiger partial charge < -0.3 is 4.42 Å². The van der Waals surface area contributed by atoms with Crippen molar-refractivity contribution in [3.8, 4) is 0 Å². The van der Waals surface area contributed by atoms with Crippen molar-refractivity contribution < 1.29 is 9.21 Å². The van der Waals surface area contributed by atoms with Crippen LogP contribution in [0.4, 0.5) is 0 Å². The Labute approximate surface area is 94.1 Å². The second-order valence-corrected chi connectivity index (χ2v) is 3.87. The number of hydrogen-bond acceptors (Lipinski definition) is 3. The van der Waals surface area contributed by atoms with Gasteiger partial charge in [0.1, 0.15) is 5.76 Å². The molecule has 2 aromatic heterocycles. The van der Waals surface area contributed by atoms with E-state index in [0.29, 0.717) is 11.3 Å². The first-order valence-corrected chi connectivity index (χ1v) is 5.12. The molecular formula is C13H13NO2. The lowest BCUT2D eigenvalue weighted by Gasteiger charge is -2.00. The molecule has 0 radical (unpaired) electrons. The predicted molar refractivity (Wildman–Crippen MR) is 60.6 cm³/mol. The van der Waals surface area contributed by atoms with Gasteiger partial charge in [-0.1, -0.05) is 0 Å². The number of aromatic nitrogens is 1. The van der Waals surface area contributed by atoms with Crippen LogP contribution in [-0.4, -0.2) is 10.8 Å². The molecule has 0 aliphatic heterocycles. The molecule has 0 bridgehead atoms. The lowest BCUT2D eigenvalue weighted by molar-refractivity contribution is 0.101. The second kappa shape index (κ2) is 3.93. The van der Waals surface area contributed by atoms with Crippen LogP contribution in [0.15, 0.2) is 28.9 Å². The van der Waals surface area contributed by atoms with Gasteiger partial charge in [0.15, 0.2) is 5.76 Å². The molecule has 0 saturated carbocycles. The topological polar surface area (TPSA) is 43.1 Å². The monoisotopic (exact) mass is 215 g/mol. The van der Waals surface area contributed by atoms with Crippen LogP contribution in [0.5, 0.6) is 0 Å². The van der Waals surface area contributed by atoms with Crippen LogP contribution in [0, 0.1) is 20.8 Å². The standard InChI is InChI=1S/C13H13NO2/c1-8-4-5-14-7-11(8)13(15)12-6-9(2)10(3)16-12/h4-7H,1-3H3. The van der Waals surface area contributed by atoms with E-state index < -0.39 is 0 Å². The Bertz CT molecular complexity index is 521. The number of pyridine rings is 1. The van der Waals surface area contributed by atoms with Crippen molar-refractivity contribution in [2.24, 2.45) is 0 Å². The van der Waals surface area contributed by atoms with Crippen LogP contribution in [0.2, 0.25) is 0 Å². The molecule has 2 aromatic rings. The molecule has 3 nitrogen and oxygen atoms in total. The summed E-state index contributed by atoms with van der Waals surface area (Å²) in [6.07, 6.45) is 3.25. The van der Waals surface area contributed by atoms with E-state index in [9.17, 15) is 4.79 Å². The van der Waals surface area contributed by atoms with Crippen molar-refractivity contribution in [1.29, 1.82) is 0 Å². The Hall–Kier alpha value is -1.90. The maximum Gasteiger partial charge on any atom is 0.230 e. The molecule has 0 aromatic carbocycles. The number of ketones is 1. The van der Waals surface area contributed by atoms with E-state index in [2.05, 4.69) is 4.98 Å². The lowest BCUT2D eigenvalue weighted by atomic mass is 10.1. The molecule has 0 fully saturated rings. The molecule has 0 N–H and O–H groups in total. The number of hydrogen-bond donors (Lipinski definition) is 0. The Balaban J connectivity index is 2.43. The maximum absolute atomic E-state index is 12.1. The van der Waals surface area contributed by atoms with E-state index >= 15 is 0 Å². The molecular weight excluding hydrogens is 202 g/mol. The van der Waals surface area contributed by atoms with Crippen LogP contribution in [0.25, 0.3) is 0 Å². The fourth-order valence-corrected chi connectivity index (χ4v) is 1.52. The highest BCUT2D eigenvalue weighted by atomic mass is 16.3. The van der Waals surface area contributed by atoms with Gasteiger partial charge in [-0.3, -0.25) is 9.78 Å². The van der Waals surface area contributed by atoms with E-state index in [1.165, 1.54) is 0 Å². The molecule has 0 atom stereocenters. The van der Waals surface area contributed by atoms with Gasteiger partial charge in [0.2, 0.25) is 5.78 Å². The number of nitrogens with zero attached hydrogens (tertiary/aromatic N) is 1. The molecule has 3 heteroatoms. The summed E-state index contributed by atoms with van der Waals surface area (Å²) in [6, 6.07) is 3.58. The van der Waals surface area contributed by atoms with Crippen molar-refractivity contribution in [2.75, 3.05) is 0 Å². The number of aryl methyl sites for hydroxylation is 3. The van der Waals surface area contributed by atoms with Gasteiger partial charge in [0.05, 0.1) is 0 Å². The molecule has 0 amide bonds. The molecule has 2 rings (SSSR count). The zero-order valence-corrected chi connectivity index (χ0v) is 9.57. The Kier molecular flexibility index (Phi) is 2.60. The summed E-state index contributed by atoms with van der Waals surface area (Å²) in [5.41, 5.74) is 2.49. The average Bonchev–Trinajstić information content (AvgIpc) is 2.59. The quantitative estimate of drug-likeness (QED) is 0.723. The zero-order chi connectivity index (χ0) is 11.7. The first-order chi connectivity index (χ1) is 7.59. The van der Waals surface area contributed by atoms with Gasteiger partial charge in [-0.2, -0.15) is 0 Å². The molecule has 82 valence electrons. The Morgan fingerprint density at radius 1 is 1.25 bits per heavy atom. The van der Waals surface area contributed by atoms with Crippen molar-refractivity contribution in [1.82, 2.24) is 4.98 Å². The van der Waals surface area contributed by atoms with Crippen LogP contribution < -0.4 is 0 Å². The van der Waals surface area contributed by atoms with E-state index in [-0.39, 0.29) is 5.78 Å². The van der Waals surface area contributed by atoms with Gasteiger partial charge in [0, 0.05) is 18.0 Å². The Morgan fingerprint density at radius 2 is 2.00 bits per heavy atom. The minimum atomic E-state index is -0.109. The summed E-state index contributed by atoms with van der Waals surface area (Å²) >= 11 is 0. The fraction of sp³-hybridized carbons (Fsp3) is 0.231. The van der Waals surface area contributed by atoms with Gasteiger partial charge in [-0.25, -0.2) is 0 Å². The summed E-state index contributed by atoms with van der Waals surface area (Å²) in [5.74, 6) is 1.05. The van der Waals surface area contributed by atoms with Crippen molar-refractivity contribution in [3.63, 3.8) is 0 Å². The minimum absolute atomic E-state index is 0.109. The van der Waals surface area contributed by atoms with E-state index in [4.69, 9.17) is 4.42 Å². The molecule has 0 spiro atoms. The molecule has 0 aliphatic rings. The van der Waals surface area contributed by atoms with Crippen molar-refractivity contribution in [3.05, 3.63) is 52.7 Å². The van der Waals surface area contributed by atoms with Crippen LogP contribution in [0.1, 0.15) is 33.0 Å². The lowest BCUT2D eigenvalue weighted by Crippen LogP contribution is -2.02. The fourth-order valence-electron chi connectivity index (χ4n) is 1.52. The summed E-state index contributed by atoms with van der Waals surface area (Å²) in [7, 11) is 0. The van der Waals surface area contributed by atoms with Crippen LogP contribution >= 0.6 is 0 Å². The van der Waals surface area contributed by atoms with Crippen LogP contribution in [-0.2, 0) is 0 Å². The highest BCUT2D eigenvalue weighted by molar-refractivity contribution is 6.08. The Morgan fingerprint density at radius 3 is 2.56 bits per heavy atom. The average molecular weight is 215 g/mol. The predicted octanol–water partition coefficient (Wildman–Crippen LogP) is 2.83. The third kappa shape index (κ3) is 1.76. The summed E-state index contributed by atoms with van der Waals surface area (Å²) in [5, 5.41) is 0. The van der Waals surface area contributed by atoms with Gasteiger partial charge >= 0.3 is 0 Å². The smallest absolute Gasteiger partial charge is 0.230 e. The number of carbonyl (C=O) groups excluding carboxylic acids is 1. The number of rotatable bonds is 2. The highest BCUT2D eigenvalue weighted by Gasteiger charge is 2.16. The third-order valence-corrected chi connectivity index (χ3v) is 2.67. The summed E-state index contributed by atoms with van der Waals surface area (Å²) < 4.78 is 5.41. The van der Waals surface area contributed by atoms with E-state index in [0.717, 1.165) is 16.9 Å². The molecule has 2 heterocycles. The van der Waals surface area contributed by atoms with E-state index in [1.54, 1.807) is 18.5 Å². The first-order valence-electron chi connectivity index (χ1n) is 5.12. The molecule has 16 heavy (non-hydrogen) atoms. The normalized spacial score (nSPS) is 10.4. The second-order valence-electron chi connectivity index (χ2n) is 3.87. The van der Waals surface area contributed by atoms with Crippen molar-refractivity contribution in [2.45, 2.75) is 20.8 Å².